The summed E-state index contributed by atoms with van der Waals surface area (Å²) < 4.78 is 2.50. The average molecular weight is 690 g/mol. The molecule has 1 aliphatic carbocycles. The first-order chi connectivity index (χ1) is 26.6. The van der Waals surface area contributed by atoms with Crippen LogP contribution in [-0.4, -0.2) is 14.5 Å². The van der Waals surface area contributed by atoms with E-state index in [1.165, 1.54) is 77.6 Å². The van der Waals surface area contributed by atoms with E-state index in [-0.39, 0.29) is 0 Å². The molecule has 3 heterocycles. The second-order valence-corrected chi connectivity index (χ2v) is 14.6. The molecule has 9 aromatic rings. The molecule has 2 aliphatic rings. The highest BCUT2D eigenvalue weighted by Crippen LogP contribution is 2.60. The summed E-state index contributed by atoms with van der Waals surface area (Å²) in [6, 6.07) is 59.2. The highest BCUT2D eigenvalue weighted by Gasteiger charge is 2.50. The zero-order valence-electron chi connectivity index (χ0n) is 30.1. The summed E-state index contributed by atoms with van der Waals surface area (Å²) in [5.41, 5.74) is 17.9. The molecule has 3 nitrogen and oxygen atoms in total. The average Bonchev–Trinajstić information content (AvgIpc) is 3.70. The molecule has 11 rings (SSSR count). The Balaban J connectivity index is 1.13. The third-order valence-corrected chi connectivity index (χ3v) is 11.9. The Hall–Kier alpha value is -6.84. The number of hydrogen-bond donors (Lipinski definition) is 0. The molecule has 0 radical (unpaired) electrons. The predicted octanol–water partition coefficient (Wildman–Crippen LogP) is 12.6. The number of para-hydroxylation sites is 3. The van der Waals surface area contributed by atoms with Gasteiger partial charge in [-0.05, 0) is 87.7 Å². The molecule has 0 fully saturated rings. The SMILES string of the molecule is CC1=C(/C=C(\C)c2ccccc2-c2cccc3nc(-c4ccccc4)ncc23)c2ccccc2C12c1ccccc1-n1c3ccccc3c3cccc2c31. The van der Waals surface area contributed by atoms with Crippen LogP contribution in [0.15, 0.2) is 182 Å². The van der Waals surface area contributed by atoms with E-state index in [0.29, 0.717) is 0 Å². The van der Waals surface area contributed by atoms with Crippen LogP contribution >= 0.6 is 0 Å². The predicted molar refractivity (Wildman–Crippen MR) is 224 cm³/mol. The highest BCUT2D eigenvalue weighted by molar-refractivity contribution is 6.13. The Morgan fingerprint density at radius 3 is 2.13 bits per heavy atom. The van der Waals surface area contributed by atoms with E-state index in [4.69, 9.17) is 9.97 Å². The van der Waals surface area contributed by atoms with Gasteiger partial charge in [-0.1, -0.05) is 152 Å². The van der Waals surface area contributed by atoms with Crippen molar-refractivity contribution >= 4 is 43.9 Å². The molecule has 54 heavy (non-hydrogen) atoms. The Morgan fingerprint density at radius 2 is 1.24 bits per heavy atom. The summed E-state index contributed by atoms with van der Waals surface area (Å²) >= 11 is 0. The Labute approximate surface area is 314 Å². The quantitative estimate of drug-likeness (QED) is 0.184. The monoisotopic (exact) mass is 689 g/mol. The van der Waals surface area contributed by atoms with Crippen molar-refractivity contribution in [3.63, 3.8) is 0 Å². The number of nitrogens with zero attached hydrogens (tertiary/aromatic N) is 3. The lowest BCUT2D eigenvalue weighted by molar-refractivity contribution is 0.726. The van der Waals surface area contributed by atoms with Crippen LogP contribution in [0.5, 0.6) is 0 Å². The van der Waals surface area contributed by atoms with Crippen LogP contribution < -0.4 is 0 Å². The first-order valence-electron chi connectivity index (χ1n) is 18.7. The fourth-order valence-electron chi connectivity index (χ4n) is 9.61. The highest BCUT2D eigenvalue weighted by atomic mass is 15.0. The fraction of sp³-hybridized carbons (Fsp3) is 0.0588. The van der Waals surface area contributed by atoms with Crippen molar-refractivity contribution in [1.82, 2.24) is 14.5 Å². The molecule has 2 aromatic heterocycles. The summed E-state index contributed by atoms with van der Waals surface area (Å²) in [7, 11) is 0. The van der Waals surface area contributed by atoms with Gasteiger partial charge >= 0.3 is 0 Å². The number of rotatable bonds is 4. The molecule has 0 N–H and O–H groups in total. The van der Waals surface area contributed by atoms with Gasteiger partial charge in [0.15, 0.2) is 5.82 Å². The minimum atomic E-state index is -0.438. The van der Waals surface area contributed by atoms with Crippen LogP contribution in [0, 0.1) is 0 Å². The zero-order chi connectivity index (χ0) is 36.0. The van der Waals surface area contributed by atoms with Crippen molar-refractivity contribution < 1.29 is 0 Å². The van der Waals surface area contributed by atoms with Crippen LogP contribution in [0.1, 0.15) is 41.7 Å². The van der Waals surface area contributed by atoms with E-state index in [9.17, 15) is 0 Å². The lowest BCUT2D eigenvalue weighted by atomic mass is 9.65. The van der Waals surface area contributed by atoms with Crippen molar-refractivity contribution in [2.45, 2.75) is 19.3 Å². The lowest BCUT2D eigenvalue weighted by Gasteiger charge is -2.40. The van der Waals surface area contributed by atoms with Crippen LogP contribution in [0.4, 0.5) is 0 Å². The molecule has 0 saturated heterocycles. The van der Waals surface area contributed by atoms with E-state index < -0.39 is 5.41 Å². The van der Waals surface area contributed by atoms with Crippen LogP contribution in [0.3, 0.4) is 0 Å². The molecule has 0 saturated carbocycles. The molecule has 3 heteroatoms. The molecule has 0 bridgehead atoms. The van der Waals surface area contributed by atoms with Gasteiger partial charge in [0.2, 0.25) is 0 Å². The second-order valence-electron chi connectivity index (χ2n) is 14.6. The van der Waals surface area contributed by atoms with Gasteiger partial charge in [-0.25, -0.2) is 9.97 Å². The number of aromatic nitrogens is 3. The van der Waals surface area contributed by atoms with Crippen LogP contribution in [0.2, 0.25) is 0 Å². The van der Waals surface area contributed by atoms with Gasteiger partial charge in [0.1, 0.15) is 0 Å². The number of allylic oxidation sites excluding steroid dienone is 4. The number of hydrogen-bond acceptors (Lipinski definition) is 2. The van der Waals surface area contributed by atoms with Crippen molar-refractivity contribution in [1.29, 1.82) is 0 Å². The summed E-state index contributed by atoms with van der Waals surface area (Å²) in [5, 5.41) is 3.63. The molecule has 1 spiro atoms. The van der Waals surface area contributed by atoms with Crippen LogP contribution in [-0.2, 0) is 5.41 Å². The van der Waals surface area contributed by atoms with Gasteiger partial charge in [-0.2, -0.15) is 0 Å². The van der Waals surface area contributed by atoms with Crippen molar-refractivity contribution in [2.24, 2.45) is 0 Å². The Morgan fingerprint density at radius 1 is 0.574 bits per heavy atom. The van der Waals surface area contributed by atoms with Crippen LogP contribution in [0.25, 0.3) is 72.1 Å². The maximum absolute atomic E-state index is 5.00. The molecule has 1 atom stereocenters. The minimum absolute atomic E-state index is 0.438. The zero-order valence-corrected chi connectivity index (χ0v) is 30.1. The molecular formula is C51H35N3. The standard InChI is InChI=1S/C51H35N3/c1-32(35-18-6-7-19-36(35)37-22-15-27-46-42(37)31-52-50(53-46)34-16-4-3-5-17-34)30-41-33(2)51(43-24-10-8-20-38(41)43)44-25-11-13-29-48(44)54-47-28-12-9-21-39(47)40-23-14-26-45(51)49(40)54/h3-31H,1-2H3/b32-30+. The van der Waals surface area contributed by atoms with E-state index >= 15 is 0 Å². The Kier molecular flexibility index (Phi) is 6.60. The largest absolute Gasteiger partial charge is 0.309 e. The molecule has 7 aromatic carbocycles. The summed E-state index contributed by atoms with van der Waals surface area (Å²) in [6.07, 6.45) is 4.42. The van der Waals surface area contributed by atoms with E-state index in [1.54, 1.807) is 0 Å². The second kappa shape index (κ2) is 11.6. The maximum atomic E-state index is 5.00. The maximum Gasteiger partial charge on any atom is 0.159 e. The third-order valence-electron chi connectivity index (χ3n) is 11.9. The van der Waals surface area contributed by atoms with Gasteiger partial charge in [-0.3, -0.25) is 0 Å². The third kappa shape index (κ3) is 4.12. The molecule has 0 amide bonds. The van der Waals surface area contributed by atoms with E-state index in [0.717, 1.165) is 27.9 Å². The topological polar surface area (TPSA) is 30.7 Å². The smallest absolute Gasteiger partial charge is 0.159 e. The molecule has 254 valence electrons. The lowest BCUT2D eigenvalue weighted by Crippen LogP contribution is -2.33. The van der Waals surface area contributed by atoms with Crippen molar-refractivity contribution in [2.75, 3.05) is 0 Å². The Bertz CT molecular complexity index is 3070. The summed E-state index contributed by atoms with van der Waals surface area (Å²) in [4.78, 5) is 9.84. The summed E-state index contributed by atoms with van der Waals surface area (Å²) in [6.45, 7) is 4.63. The number of fused-ring (bicyclic) bond motifs is 10. The number of benzene rings is 7. The minimum Gasteiger partial charge on any atom is -0.309 e. The van der Waals surface area contributed by atoms with Gasteiger partial charge < -0.3 is 4.57 Å². The normalized spacial score (nSPS) is 16.1. The van der Waals surface area contributed by atoms with Gasteiger partial charge in [0, 0.05) is 27.9 Å². The molecule has 1 unspecified atom stereocenters. The van der Waals surface area contributed by atoms with Crippen molar-refractivity contribution in [3.05, 3.63) is 209 Å². The first-order valence-corrected chi connectivity index (χ1v) is 18.7. The van der Waals surface area contributed by atoms with Gasteiger partial charge in [0.25, 0.3) is 0 Å². The molecule has 1 aliphatic heterocycles. The summed E-state index contributed by atoms with van der Waals surface area (Å²) in [5.74, 6) is 0.737. The van der Waals surface area contributed by atoms with Gasteiger partial charge in [0.05, 0.1) is 27.7 Å². The van der Waals surface area contributed by atoms with Crippen molar-refractivity contribution in [3.8, 4) is 28.2 Å². The molecular weight excluding hydrogens is 655 g/mol. The van der Waals surface area contributed by atoms with E-state index in [2.05, 4.69) is 170 Å². The van der Waals surface area contributed by atoms with E-state index in [1.807, 2.05) is 24.4 Å². The van der Waals surface area contributed by atoms with Gasteiger partial charge in [-0.15, -0.1) is 0 Å². The fourth-order valence-corrected chi connectivity index (χ4v) is 9.61. The first kappa shape index (κ1) is 30.8.